The number of benzene rings is 1. The van der Waals surface area contributed by atoms with Gasteiger partial charge in [-0.2, -0.15) is 0 Å². The minimum Gasteiger partial charge on any atom is -0.298 e. The van der Waals surface area contributed by atoms with Crippen LogP contribution in [-0.4, -0.2) is 42.0 Å². The number of piperazine rings is 1. The molecule has 2 nitrogen and oxygen atoms in total. The van der Waals surface area contributed by atoms with Crippen LogP contribution in [-0.2, 0) is 6.54 Å². The van der Waals surface area contributed by atoms with Crippen LogP contribution in [0.15, 0.2) is 24.3 Å². The Labute approximate surface area is 129 Å². The first-order valence-corrected chi connectivity index (χ1v) is 8.10. The number of hydrogen-bond donors (Lipinski definition) is 0. The second-order valence-electron chi connectivity index (χ2n) is 6.73. The van der Waals surface area contributed by atoms with Crippen LogP contribution in [0.25, 0.3) is 0 Å². The van der Waals surface area contributed by atoms with Gasteiger partial charge < -0.3 is 0 Å². The number of rotatable bonds is 3. The maximum absolute atomic E-state index is 13.5. The van der Waals surface area contributed by atoms with Gasteiger partial charge in [0.1, 0.15) is 5.82 Å². The summed E-state index contributed by atoms with van der Waals surface area (Å²) in [7, 11) is 0. The van der Waals surface area contributed by atoms with E-state index in [1.165, 1.54) is 0 Å². The first-order valence-electron chi connectivity index (χ1n) is 8.10. The zero-order chi connectivity index (χ0) is 15.8. The highest BCUT2D eigenvalue weighted by molar-refractivity contribution is 5.17. The van der Waals surface area contributed by atoms with Gasteiger partial charge in [-0.05, 0) is 25.8 Å². The molecule has 0 N–H and O–H groups in total. The molecule has 1 aromatic rings. The molecule has 1 aliphatic heterocycles. The Balaban J connectivity index is 0.000000491. The summed E-state index contributed by atoms with van der Waals surface area (Å²) in [5.41, 5.74) is 0.811. The highest BCUT2D eigenvalue weighted by Crippen LogP contribution is 2.12. The second-order valence-corrected chi connectivity index (χ2v) is 6.73. The van der Waals surface area contributed by atoms with Crippen LogP contribution < -0.4 is 0 Å². The van der Waals surface area contributed by atoms with Gasteiger partial charge in [-0.15, -0.1) is 0 Å². The molecule has 0 spiro atoms. The molecule has 0 aliphatic carbocycles. The third kappa shape index (κ3) is 7.05. The summed E-state index contributed by atoms with van der Waals surface area (Å²) in [6.45, 7) is 15.9. The van der Waals surface area contributed by atoms with E-state index in [2.05, 4.69) is 44.4 Å². The first kappa shape index (κ1) is 18.1. The van der Waals surface area contributed by atoms with Crippen molar-refractivity contribution in [1.29, 1.82) is 0 Å². The van der Waals surface area contributed by atoms with Crippen LogP contribution in [0.3, 0.4) is 0 Å². The van der Waals surface area contributed by atoms with Gasteiger partial charge >= 0.3 is 0 Å². The molecule has 0 saturated carbocycles. The Kier molecular flexibility index (Phi) is 7.91. The van der Waals surface area contributed by atoms with E-state index < -0.39 is 0 Å². The summed E-state index contributed by atoms with van der Waals surface area (Å²) >= 11 is 0. The SMILES string of the molecule is CC(C)C.CC(C)N1CCN(Cc2ccccc2F)CC1. The molecule has 2 rings (SSSR count). The normalized spacial score (nSPS) is 17.0. The summed E-state index contributed by atoms with van der Waals surface area (Å²) in [5.74, 6) is 0.749. The summed E-state index contributed by atoms with van der Waals surface area (Å²) in [6, 6.07) is 7.69. The van der Waals surface area contributed by atoms with Gasteiger partial charge in [0.15, 0.2) is 0 Å². The van der Waals surface area contributed by atoms with Crippen molar-refractivity contribution in [3.63, 3.8) is 0 Å². The van der Waals surface area contributed by atoms with E-state index in [1.807, 2.05) is 12.1 Å². The minimum absolute atomic E-state index is 0.0845. The zero-order valence-electron chi connectivity index (χ0n) is 14.3. The van der Waals surface area contributed by atoms with Crippen molar-refractivity contribution in [1.82, 2.24) is 9.80 Å². The predicted molar refractivity (Wildman–Crippen MR) is 88.9 cm³/mol. The topological polar surface area (TPSA) is 6.48 Å². The quantitative estimate of drug-likeness (QED) is 0.831. The Morgan fingerprint density at radius 2 is 1.48 bits per heavy atom. The van der Waals surface area contributed by atoms with Crippen LogP contribution in [0.4, 0.5) is 4.39 Å². The van der Waals surface area contributed by atoms with E-state index in [9.17, 15) is 4.39 Å². The van der Waals surface area contributed by atoms with E-state index in [4.69, 9.17) is 0 Å². The lowest BCUT2D eigenvalue weighted by Gasteiger charge is -2.36. The van der Waals surface area contributed by atoms with Crippen molar-refractivity contribution in [3.8, 4) is 0 Å². The molecule has 1 saturated heterocycles. The molecule has 1 aromatic carbocycles. The molecule has 3 heteroatoms. The maximum atomic E-state index is 13.5. The molecule has 0 unspecified atom stereocenters. The van der Waals surface area contributed by atoms with Gasteiger partial charge in [0.2, 0.25) is 0 Å². The van der Waals surface area contributed by atoms with Crippen molar-refractivity contribution in [2.24, 2.45) is 5.92 Å². The van der Waals surface area contributed by atoms with Crippen molar-refractivity contribution < 1.29 is 4.39 Å². The third-order valence-corrected chi connectivity index (χ3v) is 3.49. The van der Waals surface area contributed by atoms with E-state index in [0.717, 1.165) is 44.2 Å². The molecule has 0 bridgehead atoms. The number of nitrogens with zero attached hydrogens (tertiary/aromatic N) is 2. The molecule has 1 fully saturated rings. The lowest BCUT2D eigenvalue weighted by molar-refractivity contribution is 0.103. The fourth-order valence-corrected chi connectivity index (χ4v) is 2.31. The summed E-state index contributed by atoms with van der Waals surface area (Å²) in [4.78, 5) is 4.80. The predicted octanol–water partition coefficient (Wildman–Crippen LogP) is 4.01. The van der Waals surface area contributed by atoms with E-state index in [1.54, 1.807) is 12.1 Å². The molecule has 0 radical (unpaired) electrons. The molecule has 120 valence electrons. The summed E-state index contributed by atoms with van der Waals surface area (Å²) < 4.78 is 13.5. The fourth-order valence-electron chi connectivity index (χ4n) is 2.31. The molecule has 1 aliphatic rings. The molecule has 1 heterocycles. The van der Waals surface area contributed by atoms with E-state index in [0.29, 0.717) is 6.04 Å². The lowest BCUT2D eigenvalue weighted by atomic mass is 10.1. The average molecular weight is 294 g/mol. The Bertz CT molecular complexity index is 393. The minimum atomic E-state index is -0.0845. The van der Waals surface area contributed by atoms with Gasteiger partial charge in [0, 0.05) is 44.3 Å². The third-order valence-electron chi connectivity index (χ3n) is 3.49. The number of halogens is 1. The first-order chi connectivity index (χ1) is 9.90. The molecular formula is C18H31FN2. The van der Waals surface area contributed by atoms with Gasteiger partial charge in [-0.3, -0.25) is 9.80 Å². The van der Waals surface area contributed by atoms with Crippen LogP contribution in [0.1, 0.15) is 40.2 Å². The Hall–Kier alpha value is -0.930. The van der Waals surface area contributed by atoms with Gasteiger partial charge in [0.05, 0.1) is 0 Å². The summed E-state index contributed by atoms with van der Waals surface area (Å²) in [5, 5.41) is 0. The van der Waals surface area contributed by atoms with Gasteiger partial charge in [0.25, 0.3) is 0 Å². The molecular weight excluding hydrogens is 263 g/mol. The van der Waals surface area contributed by atoms with Crippen molar-refractivity contribution in [2.75, 3.05) is 26.2 Å². The van der Waals surface area contributed by atoms with E-state index in [-0.39, 0.29) is 5.82 Å². The maximum Gasteiger partial charge on any atom is 0.127 e. The largest absolute Gasteiger partial charge is 0.298 e. The zero-order valence-corrected chi connectivity index (χ0v) is 14.3. The molecule has 0 aromatic heterocycles. The summed E-state index contributed by atoms with van der Waals surface area (Å²) in [6.07, 6.45) is 0. The van der Waals surface area contributed by atoms with Crippen LogP contribution in [0.2, 0.25) is 0 Å². The highest BCUT2D eigenvalue weighted by Gasteiger charge is 2.19. The number of hydrogen-bond acceptors (Lipinski definition) is 2. The van der Waals surface area contributed by atoms with Crippen molar-refractivity contribution in [2.45, 2.75) is 47.2 Å². The molecule has 0 atom stereocenters. The van der Waals surface area contributed by atoms with Crippen LogP contribution in [0, 0.1) is 11.7 Å². The standard InChI is InChI=1S/C14H21FN2.C4H10/c1-12(2)17-9-7-16(8-10-17)11-13-5-3-4-6-14(13)15;1-4(2)3/h3-6,12H,7-11H2,1-2H3;4H,1-3H3. The Morgan fingerprint density at radius 1 is 0.952 bits per heavy atom. The lowest BCUT2D eigenvalue weighted by Crippen LogP contribution is -2.48. The monoisotopic (exact) mass is 294 g/mol. The average Bonchev–Trinajstić information content (AvgIpc) is 2.41. The molecule has 0 amide bonds. The van der Waals surface area contributed by atoms with Crippen molar-refractivity contribution in [3.05, 3.63) is 35.6 Å². The van der Waals surface area contributed by atoms with Crippen LogP contribution in [0.5, 0.6) is 0 Å². The fraction of sp³-hybridized carbons (Fsp3) is 0.667. The highest BCUT2D eigenvalue weighted by atomic mass is 19.1. The van der Waals surface area contributed by atoms with Gasteiger partial charge in [-0.25, -0.2) is 4.39 Å². The second kappa shape index (κ2) is 9.16. The smallest absolute Gasteiger partial charge is 0.127 e. The van der Waals surface area contributed by atoms with E-state index >= 15 is 0 Å². The van der Waals surface area contributed by atoms with Crippen molar-refractivity contribution >= 4 is 0 Å². The molecule has 21 heavy (non-hydrogen) atoms. The van der Waals surface area contributed by atoms with Gasteiger partial charge in [-0.1, -0.05) is 39.0 Å². The van der Waals surface area contributed by atoms with Crippen LogP contribution >= 0.6 is 0 Å². The Morgan fingerprint density at radius 3 is 1.95 bits per heavy atom.